The fourth-order valence-electron chi connectivity index (χ4n) is 1.86. The highest BCUT2D eigenvalue weighted by atomic mass is 35.5. The van der Waals surface area contributed by atoms with Gasteiger partial charge in [0, 0.05) is 6.20 Å². The molecule has 0 saturated carbocycles. The van der Waals surface area contributed by atoms with Crippen LogP contribution in [0.15, 0.2) is 24.4 Å². The van der Waals surface area contributed by atoms with Crippen LogP contribution in [0, 0.1) is 0 Å². The van der Waals surface area contributed by atoms with Crippen molar-refractivity contribution in [2.45, 2.75) is 0 Å². The fourth-order valence-corrected chi connectivity index (χ4v) is 2.45. The Morgan fingerprint density at radius 3 is 2.29 bits per heavy atom. The number of rotatable bonds is 3. The van der Waals surface area contributed by atoms with E-state index in [0.717, 1.165) is 0 Å². The van der Waals surface area contributed by atoms with E-state index in [2.05, 4.69) is 4.98 Å². The smallest absolute Gasteiger partial charge is 0.338 e. The molecule has 4 nitrogen and oxygen atoms in total. The average molecular weight is 347 g/mol. The van der Waals surface area contributed by atoms with E-state index in [1.165, 1.54) is 26.5 Å². The maximum atomic E-state index is 11.9. The van der Waals surface area contributed by atoms with Crippen LogP contribution in [0.2, 0.25) is 15.1 Å². The first kappa shape index (κ1) is 15.9. The molecule has 1 heterocycles. The lowest BCUT2D eigenvalue weighted by molar-refractivity contribution is 0.0601. The third-order valence-electron chi connectivity index (χ3n) is 2.79. The Hall–Kier alpha value is -1.49. The topological polar surface area (TPSA) is 48.4 Å². The molecule has 2 aromatic rings. The van der Waals surface area contributed by atoms with Crippen LogP contribution >= 0.6 is 34.8 Å². The Labute approximate surface area is 136 Å². The maximum absolute atomic E-state index is 11.9. The number of carbonyl (C=O) groups excluding carboxylic acids is 1. The molecule has 110 valence electrons. The molecule has 2 rings (SSSR count). The zero-order valence-electron chi connectivity index (χ0n) is 11.1. The number of esters is 1. The summed E-state index contributed by atoms with van der Waals surface area (Å²) < 4.78 is 9.97. The standard InChI is InChI=1S/C14H10Cl3NO3/c1-20-13-11(8(3-4-18-13)14(19)21-2)7-5-9(15)12(17)10(16)6-7/h3-6H,1-2H3. The predicted octanol–water partition coefficient (Wildman–Crippen LogP) is 4.50. The second-order valence-electron chi connectivity index (χ2n) is 3.99. The van der Waals surface area contributed by atoms with Crippen LogP contribution < -0.4 is 4.74 Å². The molecule has 21 heavy (non-hydrogen) atoms. The van der Waals surface area contributed by atoms with Gasteiger partial charge in [0.05, 0.1) is 40.4 Å². The van der Waals surface area contributed by atoms with Crippen molar-refractivity contribution in [2.75, 3.05) is 14.2 Å². The molecular formula is C14H10Cl3NO3. The van der Waals surface area contributed by atoms with Gasteiger partial charge in [0.15, 0.2) is 0 Å². The number of carbonyl (C=O) groups is 1. The molecule has 0 atom stereocenters. The third-order valence-corrected chi connectivity index (χ3v) is 3.98. The van der Waals surface area contributed by atoms with E-state index in [4.69, 9.17) is 44.3 Å². The van der Waals surface area contributed by atoms with Crippen LogP contribution in [0.3, 0.4) is 0 Å². The van der Waals surface area contributed by atoms with E-state index in [1.54, 1.807) is 12.1 Å². The lowest BCUT2D eigenvalue weighted by Gasteiger charge is -2.13. The van der Waals surface area contributed by atoms with Crippen molar-refractivity contribution in [3.05, 3.63) is 45.0 Å². The summed E-state index contributed by atoms with van der Waals surface area (Å²) >= 11 is 18.0. The van der Waals surface area contributed by atoms with Crippen molar-refractivity contribution in [3.63, 3.8) is 0 Å². The van der Waals surface area contributed by atoms with E-state index in [0.29, 0.717) is 16.7 Å². The van der Waals surface area contributed by atoms with Crippen molar-refractivity contribution >= 4 is 40.8 Å². The van der Waals surface area contributed by atoms with E-state index in [9.17, 15) is 4.79 Å². The summed E-state index contributed by atoms with van der Waals surface area (Å²) in [4.78, 5) is 16.0. The molecule has 0 saturated heterocycles. The number of ether oxygens (including phenoxy) is 2. The van der Waals surface area contributed by atoms with Crippen LogP contribution in [0.4, 0.5) is 0 Å². The molecule has 0 N–H and O–H groups in total. The van der Waals surface area contributed by atoms with E-state index in [1.807, 2.05) is 0 Å². The maximum Gasteiger partial charge on any atom is 0.338 e. The lowest BCUT2D eigenvalue weighted by Crippen LogP contribution is -2.06. The SMILES string of the molecule is COC(=O)c1ccnc(OC)c1-c1cc(Cl)c(Cl)c(Cl)c1. The number of nitrogens with zero attached hydrogens (tertiary/aromatic N) is 1. The summed E-state index contributed by atoms with van der Waals surface area (Å²) in [5, 5.41) is 0.770. The zero-order valence-corrected chi connectivity index (χ0v) is 13.4. The lowest BCUT2D eigenvalue weighted by atomic mass is 10.0. The number of methoxy groups -OCH3 is 2. The van der Waals surface area contributed by atoms with Crippen LogP contribution in [-0.4, -0.2) is 25.2 Å². The molecule has 0 spiro atoms. The number of hydrogen-bond acceptors (Lipinski definition) is 4. The Bertz CT molecular complexity index is 681. The first-order valence-corrected chi connectivity index (χ1v) is 6.89. The van der Waals surface area contributed by atoms with Crippen molar-refractivity contribution in [1.29, 1.82) is 0 Å². The van der Waals surface area contributed by atoms with Gasteiger partial charge in [0.1, 0.15) is 0 Å². The Morgan fingerprint density at radius 2 is 1.76 bits per heavy atom. The number of halogens is 3. The molecule has 0 radical (unpaired) electrons. The van der Waals surface area contributed by atoms with Gasteiger partial charge < -0.3 is 9.47 Å². The average Bonchev–Trinajstić information content (AvgIpc) is 2.50. The minimum atomic E-state index is -0.520. The van der Waals surface area contributed by atoms with E-state index >= 15 is 0 Å². The second kappa shape index (κ2) is 6.52. The minimum absolute atomic E-state index is 0.240. The molecule has 0 aliphatic heterocycles. The monoisotopic (exact) mass is 345 g/mol. The summed E-state index contributed by atoms with van der Waals surface area (Å²) in [6.07, 6.45) is 1.45. The van der Waals surface area contributed by atoms with Crippen LogP contribution in [0.25, 0.3) is 11.1 Å². The highest BCUT2D eigenvalue weighted by molar-refractivity contribution is 6.48. The molecule has 0 fully saturated rings. The summed E-state index contributed by atoms with van der Waals surface area (Å²) in [5.74, 6) is -0.264. The molecule has 0 unspecified atom stereocenters. The number of hydrogen-bond donors (Lipinski definition) is 0. The van der Waals surface area contributed by atoms with E-state index in [-0.39, 0.29) is 20.9 Å². The molecular weight excluding hydrogens is 337 g/mol. The summed E-state index contributed by atoms with van der Waals surface area (Å²) in [5.41, 5.74) is 1.28. The predicted molar refractivity (Wildman–Crippen MR) is 82.6 cm³/mol. The summed E-state index contributed by atoms with van der Waals surface area (Å²) in [6.45, 7) is 0. The largest absolute Gasteiger partial charge is 0.481 e. The minimum Gasteiger partial charge on any atom is -0.481 e. The van der Waals surface area contributed by atoms with E-state index < -0.39 is 5.97 Å². The zero-order chi connectivity index (χ0) is 15.6. The quantitative estimate of drug-likeness (QED) is 0.606. The summed E-state index contributed by atoms with van der Waals surface area (Å²) in [7, 11) is 2.74. The van der Waals surface area contributed by atoms with Crippen molar-refractivity contribution < 1.29 is 14.3 Å². The van der Waals surface area contributed by atoms with Crippen LogP contribution in [0.5, 0.6) is 5.88 Å². The van der Waals surface area contributed by atoms with Gasteiger partial charge in [0.25, 0.3) is 0 Å². The fraction of sp³-hybridized carbons (Fsp3) is 0.143. The normalized spacial score (nSPS) is 10.3. The number of aromatic nitrogens is 1. The van der Waals surface area contributed by atoms with Gasteiger partial charge in [0.2, 0.25) is 5.88 Å². The second-order valence-corrected chi connectivity index (χ2v) is 5.18. The highest BCUT2D eigenvalue weighted by Crippen LogP contribution is 2.39. The Morgan fingerprint density at radius 1 is 1.14 bits per heavy atom. The van der Waals surface area contributed by atoms with Gasteiger partial charge in [-0.3, -0.25) is 0 Å². The summed E-state index contributed by atoms with van der Waals surface area (Å²) in [6, 6.07) is 4.70. The van der Waals surface area contributed by atoms with Crippen molar-refractivity contribution in [3.8, 4) is 17.0 Å². The molecule has 0 aliphatic carbocycles. The van der Waals surface area contributed by atoms with Gasteiger partial charge in [-0.15, -0.1) is 0 Å². The Balaban J connectivity index is 2.75. The van der Waals surface area contributed by atoms with Gasteiger partial charge in [-0.25, -0.2) is 9.78 Å². The van der Waals surface area contributed by atoms with Gasteiger partial charge in [-0.2, -0.15) is 0 Å². The molecule has 0 aliphatic rings. The van der Waals surface area contributed by atoms with Crippen molar-refractivity contribution in [1.82, 2.24) is 4.98 Å². The molecule has 1 aromatic carbocycles. The van der Waals surface area contributed by atoms with Gasteiger partial charge in [-0.1, -0.05) is 34.8 Å². The number of benzene rings is 1. The molecule has 0 amide bonds. The highest BCUT2D eigenvalue weighted by Gasteiger charge is 2.20. The molecule has 0 bridgehead atoms. The Kier molecular flexibility index (Phi) is 4.93. The third kappa shape index (κ3) is 3.07. The van der Waals surface area contributed by atoms with Crippen LogP contribution in [0.1, 0.15) is 10.4 Å². The first-order chi connectivity index (χ1) is 9.99. The molecule has 1 aromatic heterocycles. The van der Waals surface area contributed by atoms with Gasteiger partial charge >= 0.3 is 5.97 Å². The first-order valence-electron chi connectivity index (χ1n) is 5.75. The van der Waals surface area contributed by atoms with Crippen molar-refractivity contribution in [2.24, 2.45) is 0 Å². The van der Waals surface area contributed by atoms with Crippen LogP contribution in [-0.2, 0) is 4.74 Å². The number of pyridine rings is 1. The molecule has 7 heteroatoms. The van der Waals surface area contributed by atoms with Gasteiger partial charge in [-0.05, 0) is 23.8 Å².